The van der Waals surface area contributed by atoms with Gasteiger partial charge in [-0.15, -0.1) is 35.9 Å². The number of halogens is 1. The molecule has 0 bridgehead atoms. The van der Waals surface area contributed by atoms with Crippen molar-refractivity contribution in [3.63, 3.8) is 0 Å². The van der Waals surface area contributed by atoms with E-state index in [1.807, 2.05) is 41.5 Å². The van der Waals surface area contributed by atoms with E-state index < -0.39 is 0 Å². The lowest BCUT2D eigenvalue weighted by atomic mass is 10.2. The molecule has 1 amide bonds. The van der Waals surface area contributed by atoms with Gasteiger partial charge in [0.1, 0.15) is 0 Å². The average Bonchev–Trinajstić information content (AvgIpc) is 3.22. The van der Waals surface area contributed by atoms with Crippen LogP contribution >= 0.6 is 47.3 Å². The molecule has 5 nitrogen and oxygen atoms in total. The topological polar surface area (TPSA) is 45.7 Å². The Morgan fingerprint density at radius 3 is 2.45 bits per heavy atom. The van der Waals surface area contributed by atoms with E-state index in [0.29, 0.717) is 12.1 Å². The van der Waals surface area contributed by atoms with Gasteiger partial charge in [-0.3, -0.25) is 14.6 Å². The first-order valence-corrected chi connectivity index (χ1v) is 13.1. The molecule has 1 aliphatic rings. The van der Waals surface area contributed by atoms with Crippen LogP contribution in [-0.2, 0) is 4.74 Å². The van der Waals surface area contributed by atoms with Crippen LogP contribution in [0.3, 0.4) is 0 Å². The van der Waals surface area contributed by atoms with Gasteiger partial charge in [-0.2, -0.15) is 0 Å². The van der Waals surface area contributed by atoms with Gasteiger partial charge in [0.25, 0.3) is 5.91 Å². The highest BCUT2D eigenvalue weighted by atomic mass is 35.5. The van der Waals surface area contributed by atoms with E-state index in [0.717, 1.165) is 53.1 Å². The molecular weight excluding hydrogens is 470 g/mol. The smallest absolute Gasteiger partial charge is 0.260 e. The number of amides is 1. The molecule has 4 rings (SSSR count). The lowest BCUT2D eigenvalue weighted by Crippen LogP contribution is -2.43. The van der Waals surface area contributed by atoms with Crippen molar-refractivity contribution in [2.75, 3.05) is 56.8 Å². The number of thioether (sulfide) groups is 2. The van der Waals surface area contributed by atoms with Crippen LogP contribution in [-0.4, -0.2) is 67.7 Å². The van der Waals surface area contributed by atoms with Gasteiger partial charge in [0.05, 0.1) is 23.4 Å². The Morgan fingerprint density at radius 1 is 1.10 bits per heavy atom. The molecule has 2 aromatic carbocycles. The van der Waals surface area contributed by atoms with Crippen molar-refractivity contribution in [2.45, 2.75) is 9.79 Å². The highest BCUT2D eigenvalue weighted by Crippen LogP contribution is 2.32. The number of hydrogen-bond donors (Lipinski definition) is 0. The quantitative estimate of drug-likeness (QED) is 0.423. The van der Waals surface area contributed by atoms with Gasteiger partial charge in [-0.05, 0) is 55.0 Å². The van der Waals surface area contributed by atoms with E-state index in [9.17, 15) is 4.79 Å². The number of carbonyl (C=O) groups is 1. The van der Waals surface area contributed by atoms with Gasteiger partial charge in [0.2, 0.25) is 0 Å². The van der Waals surface area contributed by atoms with Gasteiger partial charge >= 0.3 is 0 Å². The maximum Gasteiger partial charge on any atom is 0.260 e. The SMILES string of the molecule is CSc1ccc(C(=O)N(CCN2CCOCC2)c2nc3ccc(SC)cc3s2)cc1.Cl. The second-order valence-electron chi connectivity index (χ2n) is 6.97. The molecule has 31 heavy (non-hydrogen) atoms. The molecule has 3 aromatic rings. The number of carbonyl (C=O) groups excluding carboxylic acids is 1. The molecule has 9 heteroatoms. The van der Waals surface area contributed by atoms with E-state index in [4.69, 9.17) is 9.72 Å². The molecule has 0 N–H and O–H groups in total. The molecule has 0 unspecified atom stereocenters. The minimum Gasteiger partial charge on any atom is -0.379 e. The van der Waals surface area contributed by atoms with Crippen LogP contribution in [0.4, 0.5) is 5.13 Å². The Morgan fingerprint density at radius 2 is 1.77 bits per heavy atom. The summed E-state index contributed by atoms with van der Waals surface area (Å²) in [7, 11) is 0. The van der Waals surface area contributed by atoms with Gasteiger partial charge < -0.3 is 4.74 Å². The Balaban J connectivity index is 0.00000272. The number of nitrogens with zero attached hydrogens (tertiary/aromatic N) is 3. The monoisotopic (exact) mass is 495 g/mol. The number of rotatable bonds is 7. The fourth-order valence-electron chi connectivity index (χ4n) is 3.37. The average molecular weight is 496 g/mol. The zero-order chi connectivity index (χ0) is 20.9. The zero-order valence-electron chi connectivity index (χ0n) is 17.6. The third kappa shape index (κ3) is 5.94. The van der Waals surface area contributed by atoms with E-state index in [1.165, 1.54) is 4.90 Å². The van der Waals surface area contributed by atoms with Crippen molar-refractivity contribution in [3.8, 4) is 0 Å². The molecule has 0 atom stereocenters. The summed E-state index contributed by atoms with van der Waals surface area (Å²) in [4.78, 5) is 24.8. The third-order valence-corrected chi connectivity index (χ3v) is 7.65. The Hall–Kier alpha value is -1.29. The molecule has 1 saturated heterocycles. The second kappa shape index (κ2) is 11.5. The summed E-state index contributed by atoms with van der Waals surface area (Å²) in [5.74, 6) is 0.0000543. The first-order chi connectivity index (χ1) is 14.7. The summed E-state index contributed by atoms with van der Waals surface area (Å²) in [6.45, 7) is 4.73. The van der Waals surface area contributed by atoms with E-state index in [2.05, 4.69) is 23.3 Å². The van der Waals surface area contributed by atoms with Crippen molar-refractivity contribution in [1.82, 2.24) is 9.88 Å². The number of benzene rings is 2. The number of fused-ring (bicyclic) bond motifs is 1. The highest BCUT2D eigenvalue weighted by Gasteiger charge is 2.23. The standard InChI is InChI=1S/C22H25N3O2S3.ClH/c1-28-17-5-3-16(4-6-17)21(26)25(10-9-24-11-13-27-14-12-24)22-23-19-8-7-18(29-2)15-20(19)30-22;/h3-8,15H,9-14H2,1-2H3;1H. The lowest BCUT2D eigenvalue weighted by molar-refractivity contribution is 0.0391. The summed E-state index contributed by atoms with van der Waals surface area (Å²) >= 11 is 4.97. The molecule has 1 fully saturated rings. The number of thiazole rings is 1. The number of ether oxygens (including phenoxy) is 1. The summed E-state index contributed by atoms with van der Waals surface area (Å²) in [6, 6.07) is 14.1. The summed E-state index contributed by atoms with van der Waals surface area (Å²) in [6.07, 6.45) is 4.11. The van der Waals surface area contributed by atoms with Crippen molar-refractivity contribution in [2.24, 2.45) is 0 Å². The van der Waals surface area contributed by atoms with Crippen LogP contribution < -0.4 is 4.90 Å². The second-order valence-corrected chi connectivity index (χ2v) is 9.74. The molecule has 2 heterocycles. The number of hydrogen-bond acceptors (Lipinski definition) is 7. The largest absolute Gasteiger partial charge is 0.379 e. The Labute approximate surface area is 202 Å². The summed E-state index contributed by atoms with van der Waals surface area (Å²) in [5, 5.41) is 0.760. The maximum absolute atomic E-state index is 13.5. The van der Waals surface area contributed by atoms with E-state index in [1.54, 1.807) is 34.9 Å². The molecule has 0 saturated carbocycles. The van der Waals surface area contributed by atoms with Crippen LogP contribution in [0.15, 0.2) is 52.3 Å². The molecule has 0 aliphatic carbocycles. The molecule has 1 aliphatic heterocycles. The molecular formula is C22H26ClN3O2S3. The van der Waals surface area contributed by atoms with Gasteiger partial charge in [-0.1, -0.05) is 11.3 Å². The van der Waals surface area contributed by atoms with Crippen molar-refractivity contribution < 1.29 is 9.53 Å². The normalized spacial score (nSPS) is 14.4. The highest BCUT2D eigenvalue weighted by molar-refractivity contribution is 7.98. The van der Waals surface area contributed by atoms with Crippen molar-refractivity contribution in [3.05, 3.63) is 48.0 Å². The molecule has 0 radical (unpaired) electrons. The predicted molar refractivity (Wildman–Crippen MR) is 136 cm³/mol. The van der Waals surface area contributed by atoms with E-state index >= 15 is 0 Å². The van der Waals surface area contributed by atoms with Crippen LogP contribution in [0.1, 0.15) is 10.4 Å². The number of aromatic nitrogens is 1. The van der Waals surface area contributed by atoms with Crippen molar-refractivity contribution >= 4 is 68.5 Å². The van der Waals surface area contributed by atoms with Crippen LogP contribution in [0, 0.1) is 0 Å². The number of anilines is 1. The summed E-state index contributed by atoms with van der Waals surface area (Å²) < 4.78 is 6.56. The molecule has 1 aromatic heterocycles. The minimum absolute atomic E-state index is 0. The van der Waals surface area contributed by atoms with Crippen molar-refractivity contribution in [1.29, 1.82) is 0 Å². The Bertz CT molecular complexity index is 1010. The predicted octanol–water partition coefficient (Wildman–Crippen LogP) is 5.14. The van der Waals surface area contributed by atoms with Crippen LogP contribution in [0.2, 0.25) is 0 Å². The van der Waals surface area contributed by atoms with Crippen LogP contribution in [0.5, 0.6) is 0 Å². The fourth-order valence-corrected chi connectivity index (χ4v) is 5.33. The van der Waals surface area contributed by atoms with Crippen LogP contribution in [0.25, 0.3) is 10.2 Å². The Kier molecular flexibility index (Phi) is 9.06. The lowest BCUT2D eigenvalue weighted by Gasteiger charge is -2.29. The number of morpholine rings is 1. The van der Waals surface area contributed by atoms with Gasteiger partial charge in [0.15, 0.2) is 5.13 Å². The maximum atomic E-state index is 13.5. The first-order valence-electron chi connectivity index (χ1n) is 9.88. The third-order valence-electron chi connectivity index (χ3n) is 5.14. The van der Waals surface area contributed by atoms with Gasteiger partial charge in [0, 0.05) is 41.5 Å². The molecule has 0 spiro atoms. The zero-order valence-corrected chi connectivity index (χ0v) is 20.8. The first kappa shape index (κ1) is 24.4. The van der Waals surface area contributed by atoms with E-state index in [-0.39, 0.29) is 18.3 Å². The summed E-state index contributed by atoms with van der Waals surface area (Å²) in [5.41, 5.74) is 1.63. The van der Waals surface area contributed by atoms with Gasteiger partial charge in [-0.25, -0.2) is 4.98 Å². The minimum atomic E-state index is 0. The fraction of sp³-hybridized carbons (Fsp3) is 0.364. The molecule has 166 valence electrons.